The third kappa shape index (κ3) is 2.88. The fourth-order valence-corrected chi connectivity index (χ4v) is 2.00. The summed E-state index contributed by atoms with van der Waals surface area (Å²) >= 11 is 3.15. The average Bonchev–Trinajstić information content (AvgIpc) is 2.29. The maximum absolute atomic E-state index is 13.9. The summed E-state index contributed by atoms with van der Waals surface area (Å²) < 4.78 is 19.4. The van der Waals surface area contributed by atoms with Crippen molar-refractivity contribution in [1.29, 1.82) is 5.26 Å². The maximum atomic E-state index is 13.9. The Bertz CT molecular complexity index is 498. The lowest BCUT2D eigenvalue weighted by molar-refractivity contribution is -0.149. The molecule has 1 rings (SSSR count). The van der Waals surface area contributed by atoms with E-state index in [2.05, 4.69) is 15.9 Å². The predicted octanol–water partition coefficient (Wildman–Crippen LogP) is 3.32. The first-order chi connectivity index (χ1) is 8.45. The third-order valence-corrected chi connectivity index (χ3v) is 3.18. The van der Waals surface area contributed by atoms with Gasteiger partial charge in [-0.15, -0.1) is 0 Å². The Balaban J connectivity index is 3.27. The number of hydrogen-bond acceptors (Lipinski definition) is 3. The van der Waals surface area contributed by atoms with E-state index in [0.717, 1.165) is 0 Å². The highest BCUT2D eigenvalue weighted by Gasteiger charge is 2.39. The van der Waals surface area contributed by atoms with E-state index < -0.39 is 17.2 Å². The minimum atomic E-state index is -1.28. The molecule has 0 aliphatic rings. The second-order valence-electron chi connectivity index (χ2n) is 4.01. The number of rotatable bonds is 4. The largest absolute Gasteiger partial charge is 0.465 e. The molecule has 1 atom stereocenters. The number of nitrogens with zero attached hydrogens (tertiary/aromatic N) is 1. The Morgan fingerprint density at radius 2 is 2.28 bits per heavy atom. The Morgan fingerprint density at radius 1 is 1.61 bits per heavy atom. The van der Waals surface area contributed by atoms with E-state index in [9.17, 15) is 9.18 Å². The lowest BCUT2D eigenvalue weighted by Crippen LogP contribution is -2.35. The van der Waals surface area contributed by atoms with Crippen LogP contribution in [-0.4, -0.2) is 12.6 Å². The minimum Gasteiger partial charge on any atom is -0.465 e. The fourth-order valence-electron chi connectivity index (χ4n) is 1.66. The van der Waals surface area contributed by atoms with Gasteiger partial charge in [-0.25, -0.2) is 4.39 Å². The van der Waals surface area contributed by atoms with Crippen LogP contribution in [-0.2, 0) is 14.9 Å². The molecule has 3 nitrogen and oxygen atoms in total. The molecule has 18 heavy (non-hydrogen) atoms. The number of benzene rings is 1. The zero-order valence-electron chi connectivity index (χ0n) is 10.2. The number of ether oxygens (including phenoxy) is 1. The molecule has 0 aliphatic heterocycles. The summed E-state index contributed by atoms with van der Waals surface area (Å²) in [7, 11) is 0. The molecule has 0 saturated heterocycles. The van der Waals surface area contributed by atoms with Gasteiger partial charge in [0.1, 0.15) is 11.2 Å². The summed E-state index contributed by atoms with van der Waals surface area (Å²) in [5.41, 5.74) is -1.11. The van der Waals surface area contributed by atoms with Crippen LogP contribution in [0.5, 0.6) is 0 Å². The van der Waals surface area contributed by atoms with Gasteiger partial charge in [-0.3, -0.25) is 4.79 Å². The first-order valence-electron chi connectivity index (χ1n) is 5.45. The second-order valence-corrected chi connectivity index (χ2v) is 4.93. The summed E-state index contributed by atoms with van der Waals surface area (Å²) in [4.78, 5) is 11.9. The zero-order chi connectivity index (χ0) is 13.8. The van der Waals surface area contributed by atoms with Crippen LogP contribution < -0.4 is 0 Å². The van der Waals surface area contributed by atoms with Gasteiger partial charge < -0.3 is 4.74 Å². The zero-order valence-corrected chi connectivity index (χ0v) is 11.8. The number of esters is 1. The summed E-state index contributed by atoms with van der Waals surface area (Å²) in [6, 6.07) is 6.30. The van der Waals surface area contributed by atoms with Crippen molar-refractivity contribution in [2.24, 2.45) is 0 Å². The highest BCUT2D eigenvalue weighted by atomic mass is 79.9. The number of carbonyl (C=O) groups is 1. The second kappa shape index (κ2) is 5.96. The summed E-state index contributed by atoms with van der Waals surface area (Å²) in [6.45, 7) is 3.38. The molecule has 0 saturated carbocycles. The molecule has 0 bridgehead atoms. The standard InChI is InChI=1S/C13H13BrFNO2/c1-3-18-12(17)13(2,6-7-16)10-5-4-9(14)8-11(10)15/h4-5,8H,3,6H2,1-2H3. The molecule has 0 N–H and O–H groups in total. The van der Waals surface area contributed by atoms with Gasteiger partial charge in [0, 0.05) is 10.0 Å². The molecule has 0 fully saturated rings. The van der Waals surface area contributed by atoms with Crippen molar-refractivity contribution < 1.29 is 13.9 Å². The third-order valence-electron chi connectivity index (χ3n) is 2.68. The van der Waals surface area contributed by atoms with E-state index in [0.29, 0.717) is 4.47 Å². The van der Waals surface area contributed by atoms with Gasteiger partial charge >= 0.3 is 5.97 Å². The van der Waals surface area contributed by atoms with Crippen molar-refractivity contribution in [2.45, 2.75) is 25.7 Å². The quantitative estimate of drug-likeness (QED) is 0.801. The van der Waals surface area contributed by atoms with Crippen molar-refractivity contribution in [3.05, 3.63) is 34.1 Å². The Morgan fingerprint density at radius 3 is 2.78 bits per heavy atom. The molecular weight excluding hydrogens is 301 g/mol. The van der Waals surface area contributed by atoms with E-state index >= 15 is 0 Å². The smallest absolute Gasteiger partial charge is 0.317 e. The van der Waals surface area contributed by atoms with E-state index in [-0.39, 0.29) is 18.6 Å². The molecule has 0 radical (unpaired) electrons. The lowest BCUT2D eigenvalue weighted by atomic mass is 9.79. The van der Waals surface area contributed by atoms with Gasteiger partial charge in [-0.1, -0.05) is 22.0 Å². The molecule has 0 spiro atoms. The van der Waals surface area contributed by atoms with Gasteiger partial charge in [0.2, 0.25) is 0 Å². The van der Waals surface area contributed by atoms with Crippen molar-refractivity contribution in [3.8, 4) is 6.07 Å². The molecule has 0 aliphatic carbocycles. The van der Waals surface area contributed by atoms with Crippen molar-refractivity contribution in [2.75, 3.05) is 6.61 Å². The lowest BCUT2D eigenvalue weighted by Gasteiger charge is -2.25. The number of halogens is 2. The highest BCUT2D eigenvalue weighted by molar-refractivity contribution is 9.10. The van der Waals surface area contributed by atoms with E-state index in [1.807, 2.05) is 6.07 Å². The van der Waals surface area contributed by atoms with Crippen LogP contribution in [0, 0.1) is 17.1 Å². The van der Waals surface area contributed by atoms with E-state index in [4.69, 9.17) is 10.00 Å². The van der Waals surface area contributed by atoms with E-state index in [1.165, 1.54) is 19.1 Å². The molecule has 1 aromatic rings. The Kier molecular flexibility index (Phi) is 4.85. The number of nitriles is 1. The van der Waals surface area contributed by atoms with Crippen LogP contribution in [0.2, 0.25) is 0 Å². The van der Waals surface area contributed by atoms with Crippen LogP contribution in [0.25, 0.3) is 0 Å². The van der Waals surface area contributed by atoms with Gasteiger partial charge in [-0.05, 0) is 26.0 Å². The molecule has 96 valence electrons. The number of hydrogen-bond donors (Lipinski definition) is 0. The van der Waals surface area contributed by atoms with Crippen molar-refractivity contribution in [3.63, 3.8) is 0 Å². The van der Waals surface area contributed by atoms with Crippen LogP contribution in [0.15, 0.2) is 22.7 Å². The maximum Gasteiger partial charge on any atom is 0.317 e. The van der Waals surface area contributed by atoms with Crippen LogP contribution >= 0.6 is 15.9 Å². The normalized spacial score (nSPS) is 13.5. The first kappa shape index (κ1) is 14.7. The molecule has 5 heteroatoms. The predicted molar refractivity (Wildman–Crippen MR) is 68.3 cm³/mol. The SMILES string of the molecule is CCOC(=O)C(C)(CC#N)c1ccc(Br)cc1F. The minimum absolute atomic E-state index is 0.135. The van der Waals surface area contributed by atoms with Crippen molar-refractivity contribution >= 4 is 21.9 Å². The molecule has 0 heterocycles. The van der Waals surface area contributed by atoms with Gasteiger partial charge in [0.05, 0.1) is 19.1 Å². The fraction of sp³-hybridized carbons (Fsp3) is 0.385. The monoisotopic (exact) mass is 313 g/mol. The summed E-state index contributed by atoms with van der Waals surface area (Å²) in [6.07, 6.45) is -0.135. The van der Waals surface area contributed by atoms with Crippen molar-refractivity contribution in [1.82, 2.24) is 0 Å². The highest BCUT2D eigenvalue weighted by Crippen LogP contribution is 2.32. The topological polar surface area (TPSA) is 50.1 Å². The van der Waals surface area contributed by atoms with E-state index in [1.54, 1.807) is 13.0 Å². The Hall–Kier alpha value is -1.41. The van der Waals surface area contributed by atoms with Gasteiger partial charge in [-0.2, -0.15) is 5.26 Å². The molecule has 1 aromatic carbocycles. The van der Waals surface area contributed by atoms with Crippen LogP contribution in [0.4, 0.5) is 4.39 Å². The summed E-state index contributed by atoms with van der Waals surface area (Å²) in [5.74, 6) is -1.12. The molecule has 1 unspecified atom stereocenters. The van der Waals surface area contributed by atoms with Gasteiger partial charge in [0.25, 0.3) is 0 Å². The van der Waals surface area contributed by atoms with Gasteiger partial charge in [0.15, 0.2) is 0 Å². The molecule has 0 aromatic heterocycles. The first-order valence-corrected chi connectivity index (χ1v) is 6.24. The summed E-state index contributed by atoms with van der Waals surface area (Å²) in [5, 5.41) is 8.84. The molecular formula is C13H13BrFNO2. The van der Waals surface area contributed by atoms with Crippen LogP contribution in [0.3, 0.4) is 0 Å². The van der Waals surface area contributed by atoms with Crippen LogP contribution in [0.1, 0.15) is 25.8 Å². The number of carbonyl (C=O) groups excluding carboxylic acids is 1. The average molecular weight is 314 g/mol. The molecule has 0 amide bonds. The Labute approximate surface area is 114 Å².